The number of nitrogens with zero attached hydrogens (tertiary/aromatic N) is 4. The van der Waals surface area contributed by atoms with Crippen LogP contribution in [0, 0.1) is 5.82 Å². The quantitative estimate of drug-likeness (QED) is 0.113. The number of hydrogen-bond acceptors (Lipinski definition) is 7. The number of unbranched alkanes of at least 4 members (excludes halogenated alkanes) is 4. The number of halogens is 1. The van der Waals surface area contributed by atoms with Gasteiger partial charge >= 0.3 is 5.97 Å². The van der Waals surface area contributed by atoms with Crippen LogP contribution in [0.25, 0.3) is 20.8 Å². The molecule has 0 spiro atoms. The standard InChI is InChI=1S/C29H31FN4O2S/c1-4-5-6-7-8-17-36-29(35)21-10-16-26-27(19-21)37-28(31-26)20-9-15-25(24(30)18-20)33-32-22-11-13-23(14-12-22)34(2)3/h9-16,18-19H,4-8,17H2,1-3H3. The van der Waals surface area contributed by atoms with Crippen LogP contribution in [0.1, 0.15) is 49.4 Å². The van der Waals surface area contributed by atoms with E-state index >= 15 is 0 Å². The summed E-state index contributed by atoms with van der Waals surface area (Å²) >= 11 is 1.40. The van der Waals surface area contributed by atoms with E-state index in [2.05, 4.69) is 22.1 Å². The van der Waals surface area contributed by atoms with E-state index in [1.807, 2.05) is 43.3 Å². The summed E-state index contributed by atoms with van der Waals surface area (Å²) in [6.07, 6.45) is 5.51. The van der Waals surface area contributed by atoms with Gasteiger partial charge in [-0.05, 0) is 67.1 Å². The topological polar surface area (TPSA) is 67.1 Å². The molecule has 0 amide bonds. The third-order valence-corrected chi connectivity index (χ3v) is 7.01. The highest BCUT2D eigenvalue weighted by atomic mass is 32.1. The average Bonchev–Trinajstić information content (AvgIpc) is 3.33. The number of benzene rings is 3. The van der Waals surface area contributed by atoms with E-state index in [0.717, 1.165) is 28.7 Å². The number of aromatic nitrogens is 1. The minimum atomic E-state index is -0.478. The molecule has 6 nitrogen and oxygen atoms in total. The Hall–Kier alpha value is -3.65. The number of fused-ring (bicyclic) bond motifs is 1. The Balaban J connectivity index is 1.42. The first kappa shape index (κ1) is 26.4. The molecule has 0 unspecified atom stereocenters. The Morgan fingerprint density at radius 1 is 0.973 bits per heavy atom. The summed E-state index contributed by atoms with van der Waals surface area (Å²) in [6, 6.07) is 17.6. The molecule has 37 heavy (non-hydrogen) atoms. The highest BCUT2D eigenvalue weighted by molar-refractivity contribution is 7.21. The van der Waals surface area contributed by atoms with E-state index in [1.54, 1.807) is 30.3 Å². The SMILES string of the molecule is CCCCCCCOC(=O)c1ccc2nc(-c3ccc(N=Nc4ccc(N(C)C)cc4)c(F)c3)sc2c1. The van der Waals surface area contributed by atoms with Crippen molar-refractivity contribution < 1.29 is 13.9 Å². The van der Waals surface area contributed by atoms with Gasteiger partial charge in [0, 0.05) is 25.3 Å². The van der Waals surface area contributed by atoms with Gasteiger partial charge in [-0.15, -0.1) is 16.5 Å². The second-order valence-electron chi connectivity index (χ2n) is 9.03. The maximum absolute atomic E-state index is 14.8. The van der Waals surface area contributed by atoms with E-state index in [4.69, 9.17) is 4.74 Å². The molecule has 1 heterocycles. The van der Waals surface area contributed by atoms with Crippen LogP contribution in [0.5, 0.6) is 0 Å². The molecule has 0 aliphatic heterocycles. The molecule has 0 atom stereocenters. The van der Waals surface area contributed by atoms with Crippen molar-refractivity contribution in [1.82, 2.24) is 4.98 Å². The molecule has 0 aliphatic carbocycles. The zero-order valence-corrected chi connectivity index (χ0v) is 22.2. The Kier molecular flexibility index (Phi) is 8.95. The molecule has 1 aromatic heterocycles. The lowest BCUT2D eigenvalue weighted by Gasteiger charge is -2.11. The van der Waals surface area contributed by atoms with Crippen molar-refractivity contribution in [2.45, 2.75) is 39.0 Å². The van der Waals surface area contributed by atoms with Gasteiger partial charge in [-0.25, -0.2) is 14.2 Å². The third-order valence-electron chi connectivity index (χ3n) is 5.94. The normalized spacial score (nSPS) is 11.4. The molecule has 192 valence electrons. The molecule has 0 saturated heterocycles. The van der Waals surface area contributed by atoms with E-state index in [9.17, 15) is 9.18 Å². The average molecular weight is 519 g/mol. The number of esters is 1. The minimum Gasteiger partial charge on any atom is -0.462 e. The third kappa shape index (κ3) is 6.98. The van der Waals surface area contributed by atoms with Gasteiger partial charge < -0.3 is 9.64 Å². The van der Waals surface area contributed by atoms with Crippen LogP contribution >= 0.6 is 11.3 Å². The number of carbonyl (C=O) groups is 1. The zero-order valence-electron chi connectivity index (χ0n) is 21.4. The van der Waals surface area contributed by atoms with E-state index in [-0.39, 0.29) is 11.7 Å². The van der Waals surface area contributed by atoms with Crippen molar-refractivity contribution >= 4 is 44.6 Å². The van der Waals surface area contributed by atoms with Gasteiger partial charge in [-0.3, -0.25) is 0 Å². The van der Waals surface area contributed by atoms with Crippen LogP contribution in [-0.2, 0) is 4.74 Å². The van der Waals surface area contributed by atoms with Crippen molar-refractivity contribution in [3.8, 4) is 10.6 Å². The van der Waals surface area contributed by atoms with Gasteiger partial charge in [0.05, 0.1) is 28.1 Å². The van der Waals surface area contributed by atoms with Crippen molar-refractivity contribution in [1.29, 1.82) is 0 Å². The smallest absolute Gasteiger partial charge is 0.338 e. The summed E-state index contributed by atoms with van der Waals surface area (Å²) in [5.41, 5.74) is 3.74. The summed E-state index contributed by atoms with van der Waals surface area (Å²) in [6.45, 7) is 2.60. The summed E-state index contributed by atoms with van der Waals surface area (Å²) in [7, 11) is 3.92. The first-order valence-corrected chi connectivity index (χ1v) is 13.3. The first-order valence-electron chi connectivity index (χ1n) is 12.5. The van der Waals surface area contributed by atoms with Crippen molar-refractivity contribution in [2.24, 2.45) is 10.2 Å². The molecule has 4 rings (SSSR count). The van der Waals surface area contributed by atoms with Gasteiger partial charge in [-0.2, -0.15) is 5.11 Å². The number of thiazole rings is 1. The fraction of sp³-hybridized carbons (Fsp3) is 0.310. The largest absolute Gasteiger partial charge is 0.462 e. The molecule has 0 bridgehead atoms. The number of carbonyl (C=O) groups excluding carboxylic acids is 1. The molecule has 8 heteroatoms. The molecule has 0 N–H and O–H groups in total. The van der Waals surface area contributed by atoms with Gasteiger partial charge in [0.25, 0.3) is 0 Å². The molecule has 0 radical (unpaired) electrons. The van der Waals surface area contributed by atoms with Crippen LogP contribution in [0.4, 0.5) is 21.5 Å². The summed E-state index contributed by atoms with van der Waals surface area (Å²) < 4.78 is 21.1. The summed E-state index contributed by atoms with van der Waals surface area (Å²) in [5.74, 6) is -0.807. The number of ether oxygens (including phenoxy) is 1. The Morgan fingerprint density at radius 2 is 1.76 bits per heavy atom. The highest BCUT2D eigenvalue weighted by Crippen LogP contribution is 2.33. The first-order chi connectivity index (χ1) is 17.9. The van der Waals surface area contributed by atoms with Gasteiger partial charge in [0.2, 0.25) is 0 Å². The lowest BCUT2D eigenvalue weighted by molar-refractivity contribution is 0.0498. The summed E-state index contributed by atoms with van der Waals surface area (Å²) in [4.78, 5) is 19.0. The fourth-order valence-corrected chi connectivity index (χ4v) is 4.78. The van der Waals surface area contributed by atoms with Gasteiger partial charge in [0.1, 0.15) is 10.7 Å². The van der Waals surface area contributed by atoms with E-state index < -0.39 is 5.82 Å². The van der Waals surface area contributed by atoms with Crippen LogP contribution in [0.3, 0.4) is 0 Å². The van der Waals surface area contributed by atoms with Crippen LogP contribution in [0.2, 0.25) is 0 Å². The number of rotatable bonds is 11. The second kappa shape index (κ2) is 12.5. The molecular weight excluding hydrogens is 487 g/mol. The van der Waals surface area contributed by atoms with Gasteiger partial charge in [-0.1, -0.05) is 32.6 Å². The van der Waals surface area contributed by atoms with Crippen LogP contribution in [-0.4, -0.2) is 31.7 Å². The Labute approximate surface area is 220 Å². The zero-order chi connectivity index (χ0) is 26.2. The van der Waals surface area contributed by atoms with Crippen molar-refractivity contribution in [3.63, 3.8) is 0 Å². The molecule has 4 aromatic rings. The van der Waals surface area contributed by atoms with Crippen molar-refractivity contribution in [3.05, 3.63) is 72.0 Å². The van der Waals surface area contributed by atoms with E-state index in [1.165, 1.54) is 36.7 Å². The molecule has 0 aliphatic rings. The Bertz CT molecular complexity index is 1380. The lowest BCUT2D eigenvalue weighted by Crippen LogP contribution is -2.07. The summed E-state index contributed by atoms with van der Waals surface area (Å²) in [5, 5.41) is 8.89. The second-order valence-corrected chi connectivity index (χ2v) is 10.1. The predicted molar refractivity (Wildman–Crippen MR) is 149 cm³/mol. The minimum absolute atomic E-state index is 0.154. The molecule has 3 aromatic carbocycles. The number of azo groups is 1. The highest BCUT2D eigenvalue weighted by Gasteiger charge is 2.13. The number of hydrogen-bond donors (Lipinski definition) is 0. The maximum Gasteiger partial charge on any atom is 0.338 e. The Morgan fingerprint density at radius 3 is 2.49 bits per heavy atom. The monoisotopic (exact) mass is 518 g/mol. The lowest BCUT2D eigenvalue weighted by atomic mass is 10.2. The van der Waals surface area contributed by atoms with Crippen LogP contribution in [0.15, 0.2) is 70.9 Å². The molecule has 0 fully saturated rings. The van der Waals surface area contributed by atoms with E-state index in [0.29, 0.717) is 28.4 Å². The maximum atomic E-state index is 14.8. The van der Waals surface area contributed by atoms with Crippen molar-refractivity contribution in [2.75, 3.05) is 25.6 Å². The molecule has 0 saturated carbocycles. The fourth-order valence-electron chi connectivity index (χ4n) is 3.78. The number of anilines is 1. The predicted octanol–water partition coefficient (Wildman–Crippen LogP) is 8.71. The van der Waals surface area contributed by atoms with Crippen LogP contribution < -0.4 is 4.90 Å². The molecular formula is C29H31FN4O2S. The van der Waals surface area contributed by atoms with Gasteiger partial charge in [0.15, 0.2) is 5.82 Å².